The molecule has 0 heterocycles. The van der Waals surface area contributed by atoms with Crippen molar-refractivity contribution >= 4 is 57.3 Å². The maximum Gasteiger partial charge on any atom is 0.216 e. The summed E-state index contributed by atoms with van der Waals surface area (Å²) in [5.41, 5.74) is 0. The topological polar surface area (TPSA) is 29.1 Å². The molecule has 0 bridgehead atoms. The molecule has 1 amide bonds. The predicted molar refractivity (Wildman–Crippen MR) is 25.5 cm³/mol. The van der Waals surface area contributed by atoms with E-state index in [9.17, 15) is 4.79 Å². The first-order valence-corrected chi connectivity index (χ1v) is 1.45. The summed E-state index contributed by atoms with van der Waals surface area (Å²) >= 11 is 0. The molecule has 0 aliphatic carbocycles. The van der Waals surface area contributed by atoms with E-state index in [0.29, 0.717) is 0 Å². The Labute approximate surface area is 80.1 Å². The third-order valence-corrected chi connectivity index (χ3v) is 0.352. The average molecular weight is 112 g/mol. The number of carbonyl (C=O) groups excluding carboxylic acids is 1. The SMILES string of the molecule is CNC(C)=O.[K]. The van der Waals surface area contributed by atoms with Crippen molar-refractivity contribution < 1.29 is 4.79 Å². The van der Waals surface area contributed by atoms with Gasteiger partial charge in [-0.2, -0.15) is 0 Å². The van der Waals surface area contributed by atoms with Gasteiger partial charge in [-0.15, -0.1) is 0 Å². The minimum absolute atomic E-state index is 0. The van der Waals surface area contributed by atoms with Gasteiger partial charge in [0.1, 0.15) is 0 Å². The van der Waals surface area contributed by atoms with E-state index in [0.717, 1.165) is 0 Å². The summed E-state index contributed by atoms with van der Waals surface area (Å²) < 4.78 is 0. The number of nitrogens with one attached hydrogen (secondary N) is 1. The van der Waals surface area contributed by atoms with Crippen molar-refractivity contribution in [2.24, 2.45) is 0 Å². The van der Waals surface area contributed by atoms with Gasteiger partial charge in [0.15, 0.2) is 0 Å². The summed E-state index contributed by atoms with van der Waals surface area (Å²) in [6, 6.07) is 0. The number of hydrogen-bond donors (Lipinski definition) is 1. The van der Waals surface area contributed by atoms with Crippen molar-refractivity contribution in [1.29, 1.82) is 0 Å². The molecule has 0 aromatic heterocycles. The van der Waals surface area contributed by atoms with Crippen LogP contribution in [-0.4, -0.2) is 64.3 Å². The summed E-state index contributed by atoms with van der Waals surface area (Å²) in [6.07, 6.45) is 0. The largest absolute Gasteiger partial charge is 0.359 e. The van der Waals surface area contributed by atoms with Crippen LogP contribution in [0.25, 0.3) is 0 Å². The van der Waals surface area contributed by atoms with E-state index in [1.165, 1.54) is 6.92 Å². The van der Waals surface area contributed by atoms with Crippen molar-refractivity contribution in [2.45, 2.75) is 6.92 Å². The third kappa shape index (κ3) is 8.92. The van der Waals surface area contributed by atoms with Gasteiger partial charge in [-0.3, -0.25) is 4.79 Å². The Morgan fingerprint density at radius 1 is 1.67 bits per heavy atom. The molecule has 0 aromatic carbocycles. The number of rotatable bonds is 0. The van der Waals surface area contributed by atoms with Crippen LogP contribution in [0.15, 0.2) is 0 Å². The normalized spacial score (nSPS) is 5.67. The van der Waals surface area contributed by atoms with Gasteiger partial charge in [0, 0.05) is 65.4 Å². The molecule has 0 fully saturated rings. The first-order valence-electron chi connectivity index (χ1n) is 1.45. The Morgan fingerprint density at radius 2 is 1.83 bits per heavy atom. The number of amides is 1. The minimum Gasteiger partial charge on any atom is -0.359 e. The Kier molecular flexibility index (Phi) is 10.3. The van der Waals surface area contributed by atoms with Crippen LogP contribution >= 0.6 is 0 Å². The molecular formula is C3H7KNO. The van der Waals surface area contributed by atoms with Crippen molar-refractivity contribution in [3.63, 3.8) is 0 Å². The van der Waals surface area contributed by atoms with Gasteiger partial charge in [0.25, 0.3) is 0 Å². The van der Waals surface area contributed by atoms with Gasteiger partial charge < -0.3 is 5.32 Å². The summed E-state index contributed by atoms with van der Waals surface area (Å²) in [7, 11) is 1.60. The fourth-order valence-electron chi connectivity index (χ4n) is 0. The molecule has 0 spiro atoms. The van der Waals surface area contributed by atoms with Gasteiger partial charge in [0.05, 0.1) is 0 Å². The van der Waals surface area contributed by atoms with Crippen LogP contribution in [0.1, 0.15) is 6.92 Å². The monoisotopic (exact) mass is 112 g/mol. The van der Waals surface area contributed by atoms with E-state index in [2.05, 4.69) is 5.32 Å². The maximum absolute atomic E-state index is 9.70. The van der Waals surface area contributed by atoms with Crippen LogP contribution in [0.3, 0.4) is 0 Å². The van der Waals surface area contributed by atoms with Crippen LogP contribution in [0.2, 0.25) is 0 Å². The van der Waals surface area contributed by atoms with Gasteiger partial charge in [-0.25, -0.2) is 0 Å². The Bertz CT molecular complexity index is 46.1. The summed E-state index contributed by atoms with van der Waals surface area (Å²) in [5, 5.41) is 2.39. The zero-order valence-electron chi connectivity index (χ0n) is 4.41. The van der Waals surface area contributed by atoms with E-state index in [4.69, 9.17) is 0 Å². The smallest absolute Gasteiger partial charge is 0.216 e. The summed E-state index contributed by atoms with van der Waals surface area (Å²) in [6.45, 7) is 1.47. The second kappa shape index (κ2) is 6.11. The summed E-state index contributed by atoms with van der Waals surface area (Å²) in [5.74, 6) is 0.00463. The Morgan fingerprint density at radius 3 is 1.83 bits per heavy atom. The van der Waals surface area contributed by atoms with E-state index in [1.54, 1.807) is 7.05 Å². The van der Waals surface area contributed by atoms with Crippen molar-refractivity contribution in [1.82, 2.24) is 5.32 Å². The fourth-order valence-corrected chi connectivity index (χ4v) is 0. The fraction of sp³-hybridized carbons (Fsp3) is 0.667. The van der Waals surface area contributed by atoms with Crippen LogP contribution in [0.4, 0.5) is 0 Å². The van der Waals surface area contributed by atoms with Crippen LogP contribution < -0.4 is 5.32 Å². The van der Waals surface area contributed by atoms with Crippen LogP contribution in [-0.2, 0) is 4.79 Å². The molecule has 1 radical (unpaired) electrons. The van der Waals surface area contributed by atoms with Gasteiger partial charge in [-0.1, -0.05) is 0 Å². The first kappa shape index (κ1) is 10.2. The first-order chi connectivity index (χ1) is 2.27. The van der Waals surface area contributed by atoms with Crippen LogP contribution in [0.5, 0.6) is 0 Å². The van der Waals surface area contributed by atoms with E-state index in [-0.39, 0.29) is 57.3 Å². The van der Waals surface area contributed by atoms with E-state index in [1.807, 2.05) is 0 Å². The van der Waals surface area contributed by atoms with Gasteiger partial charge in [-0.05, 0) is 0 Å². The zero-order chi connectivity index (χ0) is 4.28. The van der Waals surface area contributed by atoms with Crippen LogP contribution in [0, 0.1) is 0 Å². The standard InChI is InChI=1S/C3H7NO.K/c1-3(5)4-2;/h1-2H3,(H,4,5);. The van der Waals surface area contributed by atoms with E-state index >= 15 is 0 Å². The molecule has 0 saturated heterocycles. The quantitative estimate of drug-likeness (QED) is 0.415. The molecule has 0 rings (SSSR count). The summed E-state index contributed by atoms with van der Waals surface area (Å²) in [4.78, 5) is 9.70. The molecule has 2 nitrogen and oxygen atoms in total. The van der Waals surface area contributed by atoms with Gasteiger partial charge >= 0.3 is 0 Å². The molecule has 0 saturated carbocycles. The molecule has 0 aliphatic rings. The zero-order valence-corrected chi connectivity index (χ0v) is 7.53. The van der Waals surface area contributed by atoms with Gasteiger partial charge in [0.2, 0.25) is 5.91 Å². The molecule has 0 aromatic rings. The molecule has 0 unspecified atom stereocenters. The molecule has 6 heavy (non-hydrogen) atoms. The molecule has 0 atom stereocenters. The Balaban J connectivity index is 0. The second-order valence-corrected chi connectivity index (χ2v) is 0.806. The van der Waals surface area contributed by atoms with Crippen molar-refractivity contribution in [3.8, 4) is 0 Å². The maximum atomic E-state index is 9.70. The molecular weight excluding hydrogens is 105 g/mol. The third-order valence-electron chi connectivity index (χ3n) is 0.352. The molecule has 31 valence electrons. The van der Waals surface area contributed by atoms with Crippen molar-refractivity contribution in [3.05, 3.63) is 0 Å². The van der Waals surface area contributed by atoms with Crippen molar-refractivity contribution in [2.75, 3.05) is 7.05 Å². The second-order valence-electron chi connectivity index (χ2n) is 0.806. The minimum atomic E-state index is 0. The molecule has 3 heteroatoms. The number of carbonyl (C=O) groups is 1. The predicted octanol–water partition coefficient (Wildman–Crippen LogP) is -0.629. The molecule has 1 N–H and O–H groups in total. The Hall–Kier alpha value is 1.11. The van der Waals surface area contributed by atoms with E-state index < -0.39 is 0 Å². The molecule has 0 aliphatic heterocycles. The average Bonchev–Trinajstić information content (AvgIpc) is 1.38. The number of hydrogen-bond acceptors (Lipinski definition) is 1.